The Morgan fingerprint density at radius 1 is 1.27 bits per heavy atom. The first-order chi connectivity index (χ1) is 14.5. The first kappa shape index (κ1) is 21.8. The third-order valence-electron chi connectivity index (χ3n) is 6.05. The number of nitrogens with one attached hydrogen (secondary N) is 3. The Kier molecular flexibility index (Phi) is 7.11. The van der Waals surface area contributed by atoms with E-state index in [1.54, 1.807) is 14.0 Å². The molecule has 1 aromatic rings. The van der Waals surface area contributed by atoms with Gasteiger partial charge in [0.2, 0.25) is 17.7 Å². The second kappa shape index (κ2) is 9.77. The van der Waals surface area contributed by atoms with E-state index in [0.29, 0.717) is 13.0 Å². The number of likely N-dealkylation sites (tertiary alicyclic amines) is 1. The van der Waals surface area contributed by atoms with Gasteiger partial charge in [-0.15, -0.1) is 12.3 Å². The van der Waals surface area contributed by atoms with E-state index < -0.39 is 18.1 Å². The second-order valence-corrected chi connectivity index (χ2v) is 7.97. The van der Waals surface area contributed by atoms with E-state index in [1.807, 2.05) is 12.1 Å². The van der Waals surface area contributed by atoms with Gasteiger partial charge in [-0.05, 0) is 50.8 Å². The molecule has 0 bridgehead atoms. The van der Waals surface area contributed by atoms with Crippen LogP contribution in [-0.2, 0) is 20.8 Å². The molecule has 1 aromatic carbocycles. The molecule has 7 heteroatoms. The van der Waals surface area contributed by atoms with Crippen LogP contribution in [0.2, 0.25) is 0 Å². The van der Waals surface area contributed by atoms with E-state index in [4.69, 9.17) is 6.42 Å². The zero-order valence-corrected chi connectivity index (χ0v) is 17.6. The summed E-state index contributed by atoms with van der Waals surface area (Å²) in [6.07, 6.45) is 9.04. The van der Waals surface area contributed by atoms with E-state index in [-0.39, 0.29) is 30.2 Å². The average Bonchev–Trinajstić information content (AvgIpc) is 2.72. The highest BCUT2D eigenvalue weighted by atomic mass is 16.2. The molecule has 1 aliphatic heterocycles. The Morgan fingerprint density at radius 3 is 2.70 bits per heavy atom. The normalized spacial score (nSPS) is 22.0. The fourth-order valence-electron chi connectivity index (χ4n) is 4.04. The van der Waals surface area contributed by atoms with Crippen molar-refractivity contribution in [1.82, 2.24) is 20.9 Å². The fourth-order valence-corrected chi connectivity index (χ4v) is 4.04. The second-order valence-electron chi connectivity index (χ2n) is 7.97. The molecular formula is C23H30N4O3. The lowest BCUT2D eigenvalue weighted by molar-refractivity contribution is -0.150. The molecule has 4 atom stereocenters. The Balaban J connectivity index is 1.64. The molecule has 3 rings (SSSR count). The van der Waals surface area contributed by atoms with Gasteiger partial charge in [0.1, 0.15) is 12.1 Å². The summed E-state index contributed by atoms with van der Waals surface area (Å²) in [7, 11) is 1.67. The summed E-state index contributed by atoms with van der Waals surface area (Å²) < 4.78 is 0. The lowest BCUT2D eigenvalue weighted by Gasteiger charge is -2.42. The molecule has 7 nitrogen and oxygen atoms in total. The summed E-state index contributed by atoms with van der Waals surface area (Å²) in [6, 6.07) is 6.34. The number of benzene rings is 1. The first-order valence-electron chi connectivity index (χ1n) is 10.6. The number of fused-ring (bicyclic) bond motifs is 1. The molecule has 0 aromatic heterocycles. The van der Waals surface area contributed by atoms with E-state index in [2.05, 4.69) is 34.0 Å². The maximum Gasteiger partial charge on any atom is 0.246 e. The SMILES string of the molecule is C#CC[C@H](NC(=O)[C@H](C)NC)C(=O)N1CC[C@H]1C(=O)N[C@@H]1CCCc2ccccc21. The molecule has 3 N–H and O–H groups in total. The predicted molar refractivity (Wildman–Crippen MR) is 114 cm³/mol. The van der Waals surface area contributed by atoms with Crippen LogP contribution in [0.1, 0.15) is 49.8 Å². The van der Waals surface area contributed by atoms with Gasteiger partial charge in [0.25, 0.3) is 0 Å². The summed E-state index contributed by atoms with van der Waals surface area (Å²) in [6.45, 7) is 2.19. The summed E-state index contributed by atoms with van der Waals surface area (Å²) in [5.41, 5.74) is 2.43. The van der Waals surface area contributed by atoms with Crippen molar-refractivity contribution in [3.8, 4) is 12.3 Å². The largest absolute Gasteiger partial charge is 0.347 e. The highest BCUT2D eigenvalue weighted by Crippen LogP contribution is 2.30. The van der Waals surface area contributed by atoms with Gasteiger partial charge in [0.05, 0.1) is 12.1 Å². The average molecular weight is 411 g/mol. The molecule has 0 unspecified atom stereocenters. The quantitative estimate of drug-likeness (QED) is 0.583. The maximum absolute atomic E-state index is 13.0. The molecule has 0 radical (unpaired) electrons. The predicted octanol–water partition coefficient (Wildman–Crippen LogP) is 0.897. The first-order valence-corrected chi connectivity index (χ1v) is 10.6. The lowest BCUT2D eigenvalue weighted by Crippen LogP contribution is -2.63. The van der Waals surface area contributed by atoms with E-state index in [1.165, 1.54) is 10.5 Å². The fraction of sp³-hybridized carbons (Fsp3) is 0.522. The zero-order valence-electron chi connectivity index (χ0n) is 17.6. The third-order valence-corrected chi connectivity index (χ3v) is 6.05. The van der Waals surface area contributed by atoms with Gasteiger partial charge in [-0.25, -0.2) is 0 Å². The molecular weight excluding hydrogens is 380 g/mol. The van der Waals surface area contributed by atoms with Crippen LogP contribution in [0.15, 0.2) is 24.3 Å². The minimum Gasteiger partial charge on any atom is -0.347 e. The zero-order chi connectivity index (χ0) is 21.7. The minimum absolute atomic E-state index is 0.0299. The van der Waals surface area contributed by atoms with Gasteiger partial charge < -0.3 is 20.9 Å². The molecule has 1 heterocycles. The number of nitrogens with zero attached hydrogens (tertiary/aromatic N) is 1. The summed E-state index contributed by atoms with van der Waals surface area (Å²) in [4.78, 5) is 39.6. The molecule has 0 saturated carbocycles. The van der Waals surface area contributed by atoms with Crippen molar-refractivity contribution in [2.75, 3.05) is 13.6 Å². The summed E-state index contributed by atoms with van der Waals surface area (Å²) >= 11 is 0. The van der Waals surface area contributed by atoms with Crippen LogP contribution in [0, 0.1) is 12.3 Å². The molecule has 2 aliphatic rings. The smallest absolute Gasteiger partial charge is 0.246 e. The van der Waals surface area contributed by atoms with Crippen LogP contribution in [0.25, 0.3) is 0 Å². The van der Waals surface area contributed by atoms with Crippen LogP contribution in [0.3, 0.4) is 0 Å². The molecule has 1 saturated heterocycles. The highest BCUT2D eigenvalue weighted by Gasteiger charge is 2.41. The van der Waals surface area contributed by atoms with Gasteiger partial charge in [-0.3, -0.25) is 14.4 Å². The Morgan fingerprint density at radius 2 is 2.03 bits per heavy atom. The number of aryl methyl sites for hydroxylation is 1. The van der Waals surface area contributed by atoms with E-state index in [9.17, 15) is 14.4 Å². The van der Waals surface area contributed by atoms with Crippen molar-refractivity contribution >= 4 is 17.7 Å². The third kappa shape index (κ3) is 4.65. The van der Waals surface area contributed by atoms with E-state index >= 15 is 0 Å². The summed E-state index contributed by atoms with van der Waals surface area (Å²) in [5.74, 6) is 1.70. The monoisotopic (exact) mass is 410 g/mol. The van der Waals surface area contributed by atoms with Gasteiger partial charge >= 0.3 is 0 Å². The van der Waals surface area contributed by atoms with Crippen LogP contribution in [0.4, 0.5) is 0 Å². The number of terminal acetylenes is 1. The maximum atomic E-state index is 13.0. The topological polar surface area (TPSA) is 90.5 Å². The number of likely N-dealkylation sites (N-methyl/N-ethyl adjacent to an activating group) is 1. The van der Waals surface area contributed by atoms with Crippen molar-refractivity contribution in [2.24, 2.45) is 0 Å². The van der Waals surface area contributed by atoms with Gasteiger partial charge in [0, 0.05) is 13.0 Å². The molecule has 0 spiro atoms. The van der Waals surface area contributed by atoms with Crippen molar-refractivity contribution in [3.63, 3.8) is 0 Å². The number of carbonyl (C=O) groups excluding carboxylic acids is 3. The van der Waals surface area contributed by atoms with Crippen molar-refractivity contribution in [3.05, 3.63) is 35.4 Å². The Labute approximate surface area is 178 Å². The number of rotatable bonds is 7. The van der Waals surface area contributed by atoms with E-state index in [0.717, 1.165) is 24.8 Å². The van der Waals surface area contributed by atoms with Crippen LogP contribution in [-0.4, -0.2) is 54.3 Å². The van der Waals surface area contributed by atoms with Gasteiger partial charge in [0.15, 0.2) is 0 Å². The van der Waals surface area contributed by atoms with Crippen LogP contribution >= 0.6 is 0 Å². The molecule has 1 fully saturated rings. The Hall–Kier alpha value is -2.85. The number of amides is 3. The van der Waals surface area contributed by atoms with Crippen LogP contribution in [0.5, 0.6) is 0 Å². The Bertz CT molecular complexity index is 847. The lowest BCUT2D eigenvalue weighted by atomic mass is 9.87. The molecule has 1 aliphatic carbocycles. The number of hydrogen-bond donors (Lipinski definition) is 3. The number of carbonyl (C=O) groups is 3. The van der Waals surface area contributed by atoms with Crippen molar-refractivity contribution in [1.29, 1.82) is 0 Å². The van der Waals surface area contributed by atoms with Crippen LogP contribution < -0.4 is 16.0 Å². The number of hydrogen-bond acceptors (Lipinski definition) is 4. The molecule has 3 amide bonds. The molecule has 160 valence electrons. The minimum atomic E-state index is -0.829. The van der Waals surface area contributed by atoms with Gasteiger partial charge in [-0.2, -0.15) is 0 Å². The standard InChI is InChI=1S/C23H30N4O3/c1-4-8-19(26-21(28)15(2)24-3)23(30)27-14-13-20(27)22(29)25-18-12-7-10-16-9-5-6-11-17(16)18/h1,5-6,9,11,15,18-20,24H,7-8,10,12-14H2,2-3H3,(H,25,29)(H,26,28)/t15-,18+,19-,20-/m0/s1. The van der Waals surface area contributed by atoms with Crippen molar-refractivity contribution in [2.45, 2.75) is 63.2 Å². The van der Waals surface area contributed by atoms with Crippen molar-refractivity contribution < 1.29 is 14.4 Å². The highest BCUT2D eigenvalue weighted by molar-refractivity contribution is 5.94. The molecule has 30 heavy (non-hydrogen) atoms. The van der Waals surface area contributed by atoms with Gasteiger partial charge in [-0.1, -0.05) is 24.3 Å². The summed E-state index contributed by atoms with van der Waals surface area (Å²) in [5, 5.41) is 8.67.